The van der Waals surface area contributed by atoms with E-state index >= 15 is 0 Å². The fourth-order valence-electron chi connectivity index (χ4n) is 2.01. The van der Waals surface area contributed by atoms with Crippen LogP contribution in [0.2, 0.25) is 0 Å². The number of hydrogen-bond donors (Lipinski definition) is 1. The van der Waals surface area contributed by atoms with Gasteiger partial charge in [-0.2, -0.15) is 0 Å². The fraction of sp³-hybridized carbons (Fsp3) is 0.364. The monoisotopic (exact) mass is 191 g/mol. The standard InChI is InChI=1S/C11H13NO2/c1-14-11(13)9-6-7-4-2-3-5-8(7)10(9)12/h2-5,9-10H,6,12H2,1H3/t9-,10+/m1/s1. The highest BCUT2D eigenvalue weighted by molar-refractivity contribution is 5.75. The smallest absolute Gasteiger partial charge is 0.310 e. The number of hydrogen-bond acceptors (Lipinski definition) is 3. The Labute approximate surface area is 82.9 Å². The molecule has 74 valence electrons. The summed E-state index contributed by atoms with van der Waals surface area (Å²) in [6, 6.07) is 7.68. The Morgan fingerprint density at radius 1 is 1.50 bits per heavy atom. The lowest BCUT2D eigenvalue weighted by atomic mass is 10.0. The van der Waals surface area contributed by atoms with E-state index < -0.39 is 0 Å². The van der Waals surface area contributed by atoms with Gasteiger partial charge in [0.1, 0.15) is 0 Å². The molecular weight excluding hydrogens is 178 g/mol. The second-order valence-corrected chi connectivity index (χ2v) is 3.56. The second-order valence-electron chi connectivity index (χ2n) is 3.56. The van der Waals surface area contributed by atoms with E-state index in [-0.39, 0.29) is 17.9 Å². The van der Waals surface area contributed by atoms with E-state index in [4.69, 9.17) is 10.5 Å². The molecule has 2 N–H and O–H groups in total. The molecule has 0 amide bonds. The molecule has 14 heavy (non-hydrogen) atoms. The van der Waals surface area contributed by atoms with Gasteiger partial charge < -0.3 is 10.5 Å². The molecule has 2 atom stereocenters. The van der Waals surface area contributed by atoms with Crippen molar-refractivity contribution < 1.29 is 9.53 Å². The molecule has 1 aliphatic carbocycles. The Balaban J connectivity index is 2.30. The Bertz CT molecular complexity index is 362. The van der Waals surface area contributed by atoms with Gasteiger partial charge in [-0.25, -0.2) is 0 Å². The molecule has 0 saturated carbocycles. The summed E-state index contributed by atoms with van der Waals surface area (Å²) < 4.78 is 4.72. The molecule has 0 radical (unpaired) electrons. The van der Waals surface area contributed by atoms with Crippen LogP contribution in [0.5, 0.6) is 0 Å². The average Bonchev–Trinajstić information content (AvgIpc) is 2.56. The SMILES string of the molecule is COC(=O)[C@@H]1Cc2ccccc2[C@@H]1N. The normalized spacial score (nSPS) is 24.4. The number of fused-ring (bicyclic) bond motifs is 1. The van der Waals surface area contributed by atoms with Crippen molar-refractivity contribution in [1.29, 1.82) is 0 Å². The van der Waals surface area contributed by atoms with Gasteiger partial charge in [-0.15, -0.1) is 0 Å². The van der Waals surface area contributed by atoms with E-state index in [0.29, 0.717) is 6.42 Å². The quantitative estimate of drug-likeness (QED) is 0.674. The molecule has 0 aliphatic heterocycles. The lowest BCUT2D eigenvalue weighted by Crippen LogP contribution is -2.25. The number of methoxy groups -OCH3 is 1. The van der Waals surface area contributed by atoms with Crippen LogP contribution in [-0.4, -0.2) is 13.1 Å². The average molecular weight is 191 g/mol. The summed E-state index contributed by atoms with van der Waals surface area (Å²) in [6.45, 7) is 0. The van der Waals surface area contributed by atoms with Gasteiger partial charge in [-0.1, -0.05) is 24.3 Å². The number of esters is 1. The molecule has 0 spiro atoms. The lowest BCUT2D eigenvalue weighted by Gasteiger charge is -2.12. The van der Waals surface area contributed by atoms with Crippen LogP contribution in [0, 0.1) is 5.92 Å². The van der Waals surface area contributed by atoms with Crippen molar-refractivity contribution in [3.8, 4) is 0 Å². The van der Waals surface area contributed by atoms with Crippen molar-refractivity contribution in [2.45, 2.75) is 12.5 Å². The minimum Gasteiger partial charge on any atom is -0.469 e. The van der Waals surface area contributed by atoms with Crippen molar-refractivity contribution in [3.63, 3.8) is 0 Å². The molecule has 2 rings (SSSR count). The summed E-state index contributed by atoms with van der Waals surface area (Å²) in [4.78, 5) is 11.4. The minimum absolute atomic E-state index is 0.210. The Kier molecular flexibility index (Phi) is 2.25. The highest BCUT2D eigenvalue weighted by Crippen LogP contribution is 2.34. The topological polar surface area (TPSA) is 52.3 Å². The van der Waals surface area contributed by atoms with Crippen LogP contribution in [0.4, 0.5) is 0 Å². The number of carbonyl (C=O) groups is 1. The van der Waals surface area contributed by atoms with E-state index in [2.05, 4.69) is 0 Å². The minimum atomic E-state index is -0.214. The molecule has 0 unspecified atom stereocenters. The van der Waals surface area contributed by atoms with Gasteiger partial charge in [-0.05, 0) is 17.5 Å². The largest absolute Gasteiger partial charge is 0.469 e. The summed E-state index contributed by atoms with van der Waals surface area (Å²) in [6.07, 6.45) is 0.698. The molecule has 0 heterocycles. The number of carbonyl (C=O) groups excluding carboxylic acids is 1. The predicted octanol–water partition coefficient (Wildman–Crippen LogP) is 1.03. The Morgan fingerprint density at radius 2 is 2.21 bits per heavy atom. The van der Waals surface area contributed by atoms with E-state index in [9.17, 15) is 4.79 Å². The van der Waals surface area contributed by atoms with Crippen LogP contribution in [0.3, 0.4) is 0 Å². The van der Waals surface area contributed by atoms with Gasteiger partial charge in [0.05, 0.1) is 13.0 Å². The molecule has 1 aromatic carbocycles. The zero-order chi connectivity index (χ0) is 10.1. The van der Waals surface area contributed by atoms with Crippen molar-refractivity contribution in [1.82, 2.24) is 0 Å². The first kappa shape index (κ1) is 9.21. The summed E-state index contributed by atoms with van der Waals surface area (Å²) in [5, 5.41) is 0. The third-order valence-electron chi connectivity index (χ3n) is 2.79. The zero-order valence-corrected chi connectivity index (χ0v) is 8.07. The Morgan fingerprint density at radius 3 is 2.86 bits per heavy atom. The van der Waals surface area contributed by atoms with Crippen LogP contribution in [0.25, 0.3) is 0 Å². The van der Waals surface area contributed by atoms with Gasteiger partial charge in [0.25, 0.3) is 0 Å². The maximum atomic E-state index is 11.4. The van der Waals surface area contributed by atoms with Crippen molar-refractivity contribution in [2.24, 2.45) is 11.7 Å². The summed E-state index contributed by atoms with van der Waals surface area (Å²) in [7, 11) is 1.40. The third-order valence-corrected chi connectivity index (χ3v) is 2.79. The van der Waals surface area contributed by atoms with Crippen molar-refractivity contribution in [2.75, 3.05) is 7.11 Å². The number of ether oxygens (including phenoxy) is 1. The second kappa shape index (κ2) is 3.42. The summed E-state index contributed by atoms with van der Waals surface area (Å²) in [5.74, 6) is -0.425. The third kappa shape index (κ3) is 1.30. The predicted molar refractivity (Wildman–Crippen MR) is 52.6 cm³/mol. The maximum absolute atomic E-state index is 11.4. The van der Waals surface area contributed by atoms with Crippen LogP contribution in [0.1, 0.15) is 17.2 Å². The molecule has 0 saturated heterocycles. The number of benzene rings is 1. The highest BCUT2D eigenvalue weighted by Gasteiger charge is 2.35. The van der Waals surface area contributed by atoms with Gasteiger partial charge >= 0.3 is 5.97 Å². The van der Waals surface area contributed by atoms with Crippen LogP contribution < -0.4 is 5.73 Å². The molecule has 3 heteroatoms. The first-order valence-electron chi connectivity index (χ1n) is 4.65. The highest BCUT2D eigenvalue weighted by atomic mass is 16.5. The fourth-order valence-corrected chi connectivity index (χ4v) is 2.01. The number of nitrogens with two attached hydrogens (primary N) is 1. The molecule has 1 aliphatic rings. The van der Waals surface area contributed by atoms with Crippen molar-refractivity contribution >= 4 is 5.97 Å². The lowest BCUT2D eigenvalue weighted by molar-refractivity contribution is -0.145. The van der Waals surface area contributed by atoms with Gasteiger partial charge in [-0.3, -0.25) is 4.79 Å². The van der Waals surface area contributed by atoms with Crippen LogP contribution >= 0.6 is 0 Å². The summed E-state index contributed by atoms with van der Waals surface area (Å²) >= 11 is 0. The molecule has 0 bridgehead atoms. The molecule has 1 aromatic rings. The van der Waals surface area contributed by atoms with Crippen LogP contribution in [0.15, 0.2) is 24.3 Å². The van der Waals surface area contributed by atoms with Gasteiger partial charge in [0, 0.05) is 6.04 Å². The molecule has 3 nitrogen and oxygen atoms in total. The number of rotatable bonds is 1. The molecular formula is C11H13NO2. The van der Waals surface area contributed by atoms with Gasteiger partial charge in [0.15, 0.2) is 0 Å². The van der Waals surface area contributed by atoms with E-state index in [1.165, 1.54) is 7.11 Å². The Hall–Kier alpha value is -1.35. The van der Waals surface area contributed by atoms with E-state index in [1.807, 2.05) is 24.3 Å². The molecule has 0 aromatic heterocycles. The summed E-state index contributed by atoms with van der Waals surface area (Å²) in [5.41, 5.74) is 8.20. The van der Waals surface area contributed by atoms with Crippen molar-refractivity contribution in [3.05, 3.63) is 35.4 Å². The van der Waals surface area contributed by atoms with E-state index in [0.717, 1.165) is 11.1 Å². The van der Waals surface area contributed by atoms with E-state index in [1.54, 1.807) is 0 Å². The molecule has 0 fully saturated rings. The van der Waals surface area contributed by atoms with Crippen LogP contribution in [-0.2, 0) is 16.0 Å². The maximum Gasteiger partial charge on any atom is 0.310 e. The first-order chi connectivity index (χ1) is 6.74. The first-order valence-corrected chi connectivity index (χ1v) is 4.65. The van der Waals surface area contributed by atoms with Gasteiger partial charge in [0.2, 0.25) is 0 Å². The zero-order valence-electron chi connectivity index (χ0n) is 8.07.